The molecule has 2 rings (SSSR count). The topological polar surface area (TPSA) is 46.5 Å². The number of halogens is 1. The van der Waals surface area contributed by atoms with E-state index in [-0.39, 0.29) is 11.3 Å². The molecular weight excluding hydrogens is 264 g/mol. The van der Waals surface area contributed by atoms with Gasteiger partial charge in [-0.3, -0.25) is 0 Å². The lowest BCUT2D eigenvalue weighted by Gasteiger charge is -2.10. The van der Waals surface area contributed by atoms with Crippen LogP contribution in [0.15, 0.2) is 36.4 Å². The van der Waals surface area contributed by atoms with Gasteiger partial charge in [-0.05, 0) is 55.3 Å². The van der Waals surface area contributed by atoms with Gasteiger partial charge in [-0.15, -0.1) is 0 Å². The average molecular weight is 277 g/mol. The lowest BCUT2D eigenvalue weighted by Crippen LogP contribution is -2.00. The molecule has 0 aliphatic carbocycles. The molecule has 0 saturated carbocycles. The fourth-order valence-electron chi connectivity index (χ4n) is 1.88. The van der Waals surface area contributed by atoms with Crippen molar-refractivity contribution in [3.05, 3.63) is 58.1 Å². The first-order valence-electron chi connectivity index (χ1n) is 5.75. The van der Waals surface area contributed by atoms with Gasteiger partial charge in [0, 0.05) is 5.02 Å². The van der Waals surface area contributed by atoms with Crippen LogP contribution in [0.4, 0.5) is 0 Å². The predicted octanol–water partition coefficient (Wildman–Crippen LogP) is 4.45. The Morgan fingerprint density at radius 1 is 1.11 bits per heavy atom. The van der Waals surface area contributed by atoms with Gasteiger partial charge in [0.15, 0.2) is 0 Å². The Labute approximate surface area is 116 Å². The Kier molecular flexibility index (Phi) is 3.76. The minimum Gasteiger partial charge on any atom is -0.478 e. The summed E-state index contributed by atoms with van der Waals surface area (Å²) in [4.78, 5) is 11.2. The van der Waals surface area contributed by atoms with E-state index in [9.17, 15) is 4.79 Å². The lowest BCUT2D eigenvalue weighted by molar-refractivity contribution is 0.0694. The van der Waals surface area contributed by atoms with Crippen molar-refractivity contribution in [3.8, 4) is 11.5 Å². The quantitative estimate of drug-likeness (QED) is 0.901. The number of aromatic carboxylic acids is 1. The predicted molar refractivity (Wildman–Crippen MR) is 74.4 cm³/mol. The van der Waals surface area contributed by atoms with E-state index in [1.165, 1.54) is 6.07 Å². The van der Waals surface area contributed by atoms with Crippen LogP contribution >= 0.6 is 11.6 Å². The maximum absolute atomic E-state index is 11.2. The van der Waals surface area contributed by atoms with Crippen LogP contribution in [0.1, 0.15) is 21.5 Å². The highest BCUT2D eigenvalue weighted by atomic mass is 35.5. The van der Waals surface area contributed by atoms with Gasteiger partial charge in [-0.2, -0.15) is 0 Å². The number of rotatable bonds is 3. The normalized spacial score (nSPS) is 10.3. The van der Waals surface area contributed by atoms with Crippen LogP contribution in [0.5, 0.6) is 11.5 Å². The van der Waals surface area contributed by atoms with Gasteiger partial charge in [0.25, 0.3) is 0 Å². The molecule has 98 valence electrons. The molecule has 2 aromatic rings. The third-order valence-electron chi connectivity index (χ3n) is 2.60. The highest BCUT2D eigenvalue weighted by molar-refractivity contribution is 6.31. The molecular formula is C15H13ClO3. The third kappa shape index (κ3) is 3.26. The van der Waals surface area contributed by atoms with Crippen LogP contribution in [0.25, 0.3) is 0 Å². The molecule has 19 heavy (non-hydrogen) atoms. The number of carbonyl (C=O) groups is 1. The molecule has 0 amide bonds. The molecule has 0 aliphatic rings. The molecule has 0 heterocycles. The Bertz CT molecular complexity index is 615. The minimum atomic E-state index is -1.07. The third-order valence-corrected chi connectivity index (χ3v) is 2.83. The van der Waals surface area contributed by atoms with E-state index in [2.05, 4.69) is 0 Å². The summed E-state index contributed by atoms with van der Waals surface area (Å²) in [5.74, 6) is -0.175. The molecule has 0 aliphatic heterocycles. The highest BCUT2D eigenvalue weighted by Crippen LogP contribution is 2.29. The van der Waals surface area contributed by atoms with Gasteiger partial charge in [0.1, 0.15) is 17.1 Å². The molecule has 0 radical (unpaired) electrons. The summed E-state index contributed by atoms with van der Waals surface area (Å²) in [7, 11) is 0. The zero-order valence-corrected chi connectivity index (χ0v) is 11.4. The molecule has 0 bridgehead atoms. The summed E-state index contributed by atoms with van der Waals surface area (Å²) in [6, 6.07) is 10.3. The van der Waals surface area contributed by atoms with Crippen LogP contribution in [0, 0.1) is 13.8 Å². The Hall–Kier alpha value is -2.00. The van der Waals surface area contributed by atoms with E-state index in [0.717, 1.165) is 11.1 Å². The van der Waals surface area contributed by atoms with E-state index in [1.54, 1.807) is 12.1 Å². The maximum atomic E-state index is 11.2. The first-order valence-corrected chi connectivity index (χ1v) is 6.12. The number of benzene rings is 2. The first-order chi connectivity index (χ1) is 8.95. The second kappa shape index (κ2) is 5.33. The van der Waals surface area contributed by atoms with Crippen molar-refractivity contribution in [2.45, 2.75) is 13.8 Å². The molecule has 4 heteroatoms. The van der Waals surface area contributed by atoms with E-state index >= 15 is 0 Å². The van der Waals surface area contributed by atoms with Crippen molar-refractivity contribution in [2.75, 3.05) is 0 Å². The fraction of sp³-hybridized carbons (Fsp3) is 0.133. The molecule has 0 spiro atoms. The van der Waals surface area contributed by atoms with Crippen molar-refractivity contribution in [3.63, 3.8) is 0 Å². The van der Waals surface area contributed by atoms with Crippen molar-refractivity contribution >= 4 is 17.6 Å². The van der Waals surface area contributed by atoms with Gasteiger partial charge in [-0.25, -0.2) is 4.79 Å². The van der Waals surface area contributed by atoms with Crippen LogP contribution < -0.4 is 4.74 Å². The van der Waals surface area contributed by atoms with Gasteiger partial charge in [0.2, 0.25) is 0 Å². The van der Waals surface area contributed by atoms with Crippen LogP contribution in [0.2, 0.25) is 5.02 Å². The van der Waals surface area contributed by atoms with Gasteiger partial charge in [-0.1, -0.05) is 17.7 Å². The van der Waals surface area contributed by atoms with Crippen molar-refractivity contribution in [2.24, 2.45) is 0 Å². The molecule has 0 saturated heterocycles. The monoisotopic (exact) mass is 276 g/mol. The second-order valence-corrected chi connectivity index (χ2v) is 4.81. The SMILES string of the molecule is Cc1cc(C)cc(Oc2ccc(Cl)cc2C(=O)O)c1. The Morgan fingerprint density at radius 3 is 2.32 bits per heavy atom. The van der Waals surface area contributed by atoms with Crippen molar-refractivity contribution < 1.29 is 14.6 Å². The smallest absolute Gasteiger partial charge is 0.339 e. The van der Waals surface area contributed by atoms with Crippen LogP contribution in [-0.2, 0) is 0 Å². The maximum Gasteiger partial charge on any atom is 0.339 e. The lowest BCUT2D eigenvalue weighted by atomic mass is 10.1. The zero-order valence-electron chi connectivity index (χ0n) is 10.6. The zero-order chi connectivity index (χ0) is 14.0. The van der Waals surface area contributed by atoms with Crippen molar-refractivity contribution in [1.82, 2.24) is 0 Å². The van der Waals surface area contributed by atoms with Gasteiger partial charge >= 0.3 is 5.97 Å². The molecule has 0 fully saturated rings. The fourth-order valence-corrected chi connectivity index (χ4v) is 2.05. The summed E-state index contributed by atoms with van der Waals surface area (Å²) in [6.07, 6.45) is 0. The average Bonchev–Trinajstić information content (AvgIpc) is 2.30. The number of ether oxygens (including phenoxy) is 1. The van der Waals surface area contributed by atoms with Gasteiger partial charge in [0.05, 0.1) is 0 Å². The van der Waals surface area contributed by atoms with E-state index in [0.29, 0.717) is 10.8 Å². The van der Waals surface area contributed by atoms with Crippen LogP contribution in [-0.4, -0.2) is 11.1 Å². The van der Waals surface area contributed by atoms with Crippen molar-refractivity contribution in [1.29, 1.82) is 0 Å². The number of aryl methyl sites for hydroxylation is 2. The largest absolute Gasteiger partial charge is 0.478 e. The summed E-state index contributed by atoms with van der Waals surface area (Å²) in [5.41, 5.74) is 2.16. The number of hydrogen-bond donors (Lipinski definition) is 1. The van der Waals surface area contributed by atoms with E-state index < -0.39 is 5.97 Å². The van der Waals surface area contributed by atoms with E-state index in [1.807, 2.05) is 32.0 Å². The van der Waals surface area contributed by atoms with Gasteiger partial charge < -0.3 is 9.84 Å². The summed E-state index contributed by atoms with van der Waals surface area (Å²) >= 11 is 5.80. The molecule has 0 atom stereocenters. The minimum absolute atomic E-state index is 0.0478. The number of carboxylic acids is 1. The standard InChI is InChI=1S/C15H13ClO3/c1-9-5-10(2)7-12(6-9)19-14-4-3-11(16)8-13(14)15(17)18/h3-8H,1-2H3,(H,17,18). The first kappa shape index (κ1) is 13.4. The Balaban J connectivity index is 2.40. The summed E-state index contributed by atoms with van der Waals surface area (Å²) < 4.78 is 5.65. The number of hydrogen-bond acceptors (Lipinski definition) is 2. The molecule has 0 unspecified atom stereocenters. The highest BCUT2D eigenvalue weighted by Gasteiger charge is 2.13. The summed E-state index contributed by atoms with van der Waals surface area (Å²) in [6.45, 7) is 3.92. The summed E-state index contributed by atoms with van der Waals surface area (Å²) in [5, 5.41) is 9.50. The molecule has 1 N–H and O–H groups in total. The number of carboxylic acid groups (broad SMARTS) is 1. The Morgan fingerprint density at radius 2 is 1.74 bits per heavy atom. The molecule has 0 aromatic heterocycles. The van der Waals surface area contributed by atoms with Crippen LogP contribution in [0.3, 0.4) is 0 Å². The molecule has 2 aromatic carbocycles. The molecule has 3 nitrogen and oxygen atoms in total. The second-order valence-electron chi connectivity index (χ2n) is 4.37. The van der Waals surface area contributed by atoms with E-state index in [4.69, 9.17) is 21.4 Å².